The highest BCUT2D eigenvalue weighted by Crippen LogP contribution is 2.44. The summed E-state index contributed by atoms with van der Waals surface area (Å²) in [5.74, 6) is 0.792. The number of aromatic nitrogens is 3. The Morgan fingerprint density at radius 2 is 1.74 bits per heavy atom. The zero-order chi connectivity index (χ0) is 20.8. The van der Waals surface area contributed by atoms with Crippen molar-refractivity contribution in [3.63, 3.8) is 0 Å². The lowest BCUT2D eigenvalue weighted by Crippen LogP contribution is -2.35. The number of hydrogen-bond acceptors (Lipinski definition) is 5. The SMILES string of the molecule is O=C(CCSc1nnc2c(n1)-c1cccc3cccc-2c13)N1CCCc2ccccc21. The predicted octanol–water partition coefficient (Wildman–Crippen LogP) is 5.13. The molecule has 0 unspecified atom stereocenters. The van der Waals surface area contributed by atoms with Crippen LogP contribution in [-0.2, 0) is 11.2 Å². The number of hydrogen-bond donors (Lipinski definition) is 0. The minimum atomic E-state index is 0.158. The first-order chi connectivity index (χ1) is 15.3. The van der Waals surface area contributed by atoms with Crippen LogP contribution in [-0.4, -0.2) is 33.4 Å². The molecule has 5 nitrogen and oxygen atoms in total. The van der Waals surface area contributed by atoms with E-state index in [1.165, 1.54) is 28.1 Å². The van der Waals surface area contributed by atoms with Crippen molar-refractivity contribution < 1.29 is 4.79 Å². The van der Waals surface area contributed by atoms with Gasteiger partial charge in [0.1, 0.15) is 11.4 Å². The molecule has 6 heteroatoms. The second-order valence-corrected chi connectivity index (χ2v) is 8.94. The maximum atomic E-state index is 12.9. The highest BCUT2D eigenvalue weighted by Gasteiger charge is 2.25. The third-order valence-corrected chi connectivity index (χ3v) is 6.88. The lowest BCUT2D eigenvalue weighted by Gasteiger charge is -2.29. The second-order valence-electron chi connectivity index (χ2n) is 7.88. The normalized spacial score (nSPS) is 13.9. The Labute approximate surface area is 184 Å². The van der Waals surface area contributed by atoms with Crippen LogP contribution >= 0.6 is 11.8 Å². The van der Waals surface area contributed by atoms with Crippen molar-refractivity contribution in [1.82, 2.24) is 15.2 Å². The summed E-state index contributed by atoms with van der Waals surface area (Å²) in [6, 6.07) is 20.7. The van der Waals surface area contributed by atoms with Gasteiger partial charge in [0.25, 0.3) is 0 Å². The van der Waals surface area contributed by atoms with Gasteiger partial charge in [-0.3, -0.25) is 4.79 Å². The molecule has 6 rings (SSSR count). The molecule has 0 atom stereocenters. The molecule has 2 heterocycles. The first-order valence-corrected chi connectivity index (χ1v) is 11.6. The van der Waals surface area contributed by atoms with Crippen LogP contribution in [0, 0.1) is 0 Å². The number of benzene rings is 3. The number of carbonyl (C=O) groups is 1. The van der Waals surface area contributed by atoms with Gasteiger partial charge in [-0.05, 0) is 29.9 Å². The van der Waals surface area contributed by atoms with E-state index in [1.807, 2.05) is 29.2 Å². The Balaban J connectivity index is 1.19. The molecule has 152 valence electrons. The average molecular weight is 425 g/mol. The number of nitrogens with zero attached hydrogens (tertiary/aromatic N) is 4. The highest BCUT2D eigenvalue weighted by molar-refractivity contribution is 7.99. The van der Waals surface area contributed by atoms with E-state index in [-0.39, 0.29) is 5.91 Å². The molecule has 0 saturated heterocycles. The summed E-state index contributed by atoms with van der Waals surface area (Å²) in [6.45, 7) is 0.791. The van der Waals surface area contributed by atoms with Crippen molar-refractivity contribution in [2.45, 2.75) is 24.4 Å². The van der Waals surface area contributed by atoms with E-state index in [4.69, 9.17) is 4.98 Å². The predicted molar refractivity (Wildman–Crippen MR) is 124 cm³/mol. The van der Waals surface area contributed by atoms with Gasteiger partial charge in [0.15, 0.2) is 0 Å². The van der Waals surface area contributed by atoms with Crippen molar-refractivity contribution in [3.05, 3.63) is 66.2 Å². The third kappa shape index (κ3) is 3.10. The summed E-state index contributed by atoms with van der Waals surface area (Å²) in [5.41, 5.74) is 6.26. The maximum Gasteiger partial charge on any atom is 0.227 e. The van der Waals surface area contributed by atoms with Gasteiger partial charge in [-0.25, -0.2) is 4.98 Å². The zero-order valence-corrected chi connectivity index (χ0v) is 17.7. The number of carbonyl (C=O) groups excluding carboxylic acids is 1. The van der Waals surface area contributed by atoms with E-state index in [2.05, 4.69) is 46.6 Å². The van der Waals surface area contributed by atoms with Gasteiger partial charge in [0.05, 0.1) is 0 Å². The molecule has 1 aromatic heterocycles. The second kappa shape index (κ2) is 7.46. The summed E-state index contributed by atoms with van der Waals surface area (Å²) in [5, 5.41) is 11.8. The quantitative estimate of drug-likeness (QED) is 0.374. The molecule has 0 bridgehead atoms. The molecule has 4 aromatic rings. The summed E-state index contributed by atoms with van der Waals surface area (Å²) >= 11 is 1.50. The molecule has 0 fully saturated rings. The van der Waals surface area contributed by atoms with Crippen LogP contribution < -0.4 is 4.90 Å². The summed E-state index contributed by atoms with van der Waals surface area (Å²) in [7, 11) is 0. The van der Waals surface area contributed by atoms with Crippen LogP contribution in [0.4, 0.5) is 5.69 Å². The van der Waals surface area contributed by atoms with E-state index in [9.17, 15) is 4.79 Å². The Bertz CT molecular complexity index is 1330. The largest absolute Gasteiger partial charge is 0.312 e. The van der Waals surface area contributed by atoms with Crippen molar-refractivity contribution in [2.24, 2.45) is 0 Å². The number of thioether (sulfide) groups is 1. The van der Waals surface area contributed by atoms with Gasteiger partial charge >= 0.3 is 0 Å². The molecule has 2 aliphatic rings. The first-order valence-electron chi connectivity index (χ1n) is 10.6. The van der Waals surface area contributed by atoms with Crippen LogP contribution in [0.2, 0.25) is 0 Å². The van der Waals surface area contributed by atoms with E-state index < -0.39 is 0 Å². The lowest BCUT2D eigenvalue weighted by atomic mass is 10.0. The number of rotatable bonds is 4. The van der Waals surface area contributed by atoms with Gasteiger partial charge in [-0.15, -0.1) is 10.2 Å². The van der Waals surface area contributed by atoms with Gasteiger partial charge in [-0.1, -0.05) is 66.4 Å². The Hall–Kier alpha value is -3.25. The van der Waals surface area contributed by atoms with E-state index in [0.717, 1.165) is 47.6 Å². The van der Waals surface area contributed by atoms with Gasteiger partial charge < -0.3 is 4.90 Å². The molecule has 0 radical (unpaired) electrons. The number of aryl methyl sites for hydroxylation is 1. The van der Waals surface area contributed by atoms with Gasteiger partial charge in [0, 0.05) is 40.9 Å². The monoisotopic (exact) mass is 424 g/mol. The number of fused-ring (bicyclic) bond motifs is 4. The van der Waals surface area contributed by atoms with Crippen molar-refractivity contribution in [1.29, 1.82) is 0 Å². The van der Waals surface area contributed by atoms with E-state index >= 15 is 0 Å². The molecular weight excluding hydrogens is 404 g/mol. The highest BCUT2D eigenvalue weighted by atomic mass is 32.2. The number of amides is 1. The van der Waals surface area contributed by atoms with Crippen molar-refractivity contribution >= 4 is 34.1 Å². The molecule has 0 saturated carbocycles. The molecule has 0 spiro atoms. The molecule has 3 aromatic carbocycles. The van der Waals surface area contributed by atoms with Crippen LogP contribution in [0.1, 0.15) is 18.4 Å². The fourth-order valence-electron chi connectivity index (χ4n) is 4.63. The fourth-order valence-corrected chi connectivity index (χ4v) is 5.35. The van der Waals surface area contributed by atoms with Crippen molar-refractivity contribution in [2.75, 3.05) is 17.2 Å². The first kappa shape index (κ1) is 18.5. The summed E-state index contributed by atoms with van der Waals surface area (Å²) in [6.07, 6.45) is 2.51. The van der Waals surface area contributed by atoms with Gasteiger partial charge in [-0.2, -0.15) is 0 Å². The number of para-hydroxylation sites is 1. The molecule has 31 heavy (non-hydrogen) atoms. The lowest BCUT2D eigenvalue weighted by molar-refractivity contribution is -0.118. The zero-order valence-electron chi connectivity index (χ0n) is 16.9. The minimum Gasteiger partial charge on any atom is -0.312 e. The Morgan fingerprint density at radius 3 is 2.61 bits per heavy atom. The minimum absolute atomic E-state index is 0.158. The molecule has 1 amide bonds. The topological polar surface area (TPSA) is 59.0 Å². The van der Waals surface area contributed by atoms with E-state index in [0.29, 0.717) is 17.3 Å². The Kier molecular flexibility index (Phi) is 4.46. The van der Waals surface area contributed by atoms with Crippen molar-refractivity contribution in [3.8, 4) is 22.5 Å². The van der Waals surface area contributed by atoms with Crippen LogP contribution in [0.5, 0.6) is 0 Å². The fraction of sp³-hybridized carbons (Fsp3) is 0.200. The third-order valence-electron chi connectivity index (χ3n) is 6.04. The smallest absolute Gasteiger partial charge is 0.227 e. The molecular formula is C25H20N4OS. The van der Waals surface area contributed by atoms with E-state index in [1.54, 1.807) is 0 Å². The Morgan fingerprint density at radius 1 is 0.935 bits per heavy atom. The standard InChI is InChI=1S/C25H20N4OS/c30-21(29-14-5-9-16-6-1-2-12-20(16)29)13-15-31-25-26-23-18-10-3-7-17-8-4-11-19(22(17)18)24(23)27-28-25/h1-4,6-8,10-12H,5,9,13-15H2. The molecule has 1 aliphatic carbocycles. The summed E-state index contributed by atoms with van der Waals surface area (Å²) in [4.78, 5) is 19.6. The molecule has 1 aliphatic heterocycles. The van der Waals surface area contributed by atoms with Gasteiger partial charge in [0.2, 0.25) is 11.1 Å². The van der Waals surface area contributed by atoms with Crippen LogP contribution in [0.15, 0.2) is 65.8 Å². The van der Waals surface area contributed by atoms with Crippen LogP contribution in [0.25, 0.3) is 33.3 Å². The maximum absolute atomic E-state index is 12.9. The van der Waals surface area contributed by atoms with Crippen LogP contribution in [0.3, 0.4) is 0 Å². The average Bonchev–Trinajstić information content (AvgIpc) is 3.14. The summed E-state index contributed by atoms with van der Waals surface area (Å²) < 4.78 is 0. The molecule has 0 N–H and O–H groups in total. The number of anilines is 1.